The summed E-state index contributed by atoms with van der Waals surface area (Å²) in [5.41, 5.74) is 10.9. The number of methoxy groups -OCH3 is 1. The second-order valence-electron chi connectivity index (χ2n) is 8.25. The molecule has 6 heteroatoms. The predicted octanol–water partition coefficient (Wildman–Crippen LogP) is 5.15. The highest BCUT2D eigenvalue weighted by Gasteiger charge is 2.46. The van der Waals surface area contributed by atoms with Crippen molar-refractivity contribution in [1.29, 1.82) is 0 Å². The fourth-order valence-corrected chi connectivity index (χ4v) is 4.98. The fourth-order valence-electron chi connectivity index (χ4n) is 4.80. The number of aliphatic imine (C=N–C) groups is 2. The van der Waals surface area contributed by atoms with Crippen molar-refractivity contribution in [3.8, 4) is 11.1 Å². The van der Waals surface area contributed by atoms with Crippen molar-refractivity contribution in [3.05, 3.63) is 52.8 Å². The molecule has 1 aromatic heterocycles. The molecule has 1 fully saturated rings. The summed E-state index contributed by atoms with van der Waals surface area (Å²) in [5.74, 6) is 0.832. The van der Waals surface area contributed by atoms with Gasteiger partial charge in [-0.25, -0.2) is 4.99 Å². The molecule has 1 atom stereocenters. The maximum Gasteiger partial charge on any atom is 0.181 e. The van der Waals surface area contributed by atoms with E-state index in [2.05, 4.69) is 30.1 Å². The molecular weight excluding hydrogens is 396 g/mol. The molecule has 1 aromatic carbocycles. The summed E-state index contributed by atoms with van der Waals surface area (Å²) in [4.78, 5) is 14.4. The van der Waals surface area contributed by atoms with E-state index in [9.17, 15) is 0 Å². The number of halogens is 1. The molecule has 4 rings (SSSR count). The average molecular weight is 425 g/mol. The molecule has 1 saturated carbocycles. The Labute approximate surface area is 183 Å². The van der Waals surface area contributed by atoms with Crippen molar-refractivity contribution < 1.29 is 4.74 Å². The first-order valence-electron chi connectivity index (χ1n) is 10.7. The van der Waals surface area contributed by atoms with Gasteiger partial charge in [0.1, 0.15) is 5.84 Å². The maximum atomic E-state index is 6.28. The fraction of sp³-hybridized carbons (Fsp3) is 0.458. The minimum atomic E-state index is -0.666. The van der Waals surface area contributed by atoms with Crippen molar-refractivity contribution in [2.45, 2.75) is 57.7 Å². The third-order valence-electron chi connectivity index (χ3n) is 6.50. The molecule has 0 spiro atoms. The third-order valence-corrected chi connectivity index (χ3v) is 6.71. The molecule has 158 valence electrons. The maximum absolute atomic E-state index is 6.28. The molecule has 0 saturated heterocycles. The molecule has 2 N–H and O–H groups in total. The van der Waals surface area contributed by atoms with Gasteiger partial charge >= 0.3 is 0 Å². The van der Waals surface area contributed by atoms with Crippen LogP contribution in [0.2, 0.25) is 5.02 Å². The van der Waals surface area contributed by atoms with Gasteiger partial charge in [-0.3, -0.25) is 9.98 Å². The van der Waals surface area contributed by atoms with Gasteiger partial charge in [-0.15, -0.1) is 0 Å². The lowest BCUT2D eigenvalue weighted by molar-refractivity contribution is 0.0425. The van der Waals surface area contributed by atoms with Crippen LogP contribution >= 0.6 is 11.6 Å². The van der Waals surface area contributed by atoms with Gasteiger partial charge in [0, 0.05) is 36.5 Å². The van der Waals surface area contributed by atoms with E-state index in [4.69, 9.17) is 32.1 Å². The van der Waals surface area contributed by atoms with Crippen LogP contribution in [0.3, 0.4) is 0 Å². The van der Waals surface area contributed by atoms with E-state index in [1.807, 2.05) is 19.2 Å². The number of nitrogens with two attached hydrogens (primary N) is 1. The van der Waals surface area contributed by atoms with Gasteiger partial charge in [-0.1, -0.05) is 30.7 Å². The Morgan fingerprint density at radius 2 is 1.87 bits per heavy atom. The topological polar surface area (TPSA) is 72.9 Å². The quantitative estimate of drug-likeness (QED) is 0.720. The first kappa shape index (κ1) is 21.0. The van der Waals surface area contributed by atoms with E-state index in [1.54, 1.807) is 13.3 Å². The highest BCUT2D eigenvalue weighted by atomic mass is 35.5. The van der Waals surface area contributed by atoms with Crippen molar-refractivity contribution in [3.63, 3.8) is 0 Å². The molecule has 0 radical (unpaired) electrons. The van der Waals surface area contributed by atoms with E-state index >= 15 is 0 Å². The number of pyridine rings is 1. The van der Waals surface area contributed by atoms with Crippen LogP contribution < -0.4 is 5.73 Å². The SMILES string of the molecule is CCc1ccc(-c2cncc(Cl)c2)cc1[C@]1(C2CCC(OC)CC2)N=C(C)C(N)=N1. The van der Waals surface area contributed by atoms with Crippen LogP contribution in [0.25, 0.3) is 11.1 Å². The first-order valence-corrected chi connectivity index (χ1v) is 11.0. The predicted molar refractivity (Wildman–Crippen MR) is 123 cm³/mol. The summed E-state index contributed by atoms with van der Waals surface area (Å²) < 4.78 is 5.60. The third kappa shape index (κ3) is 3.77. The lowest BCUT2D eigenvalue weighted by atomic mass is 9.74. The largest absolute Gasteiger partial charge is 0.382 e. The summed E-state index contributed by atoms with van der Waals surface area (Å²) in [6, 6.07) is 8.47. The number of rotatable bonds is 5. The van der Waals surface area contributed by atoms with Crippen LogP contribution in [-0.4, -0.2) is 29.7 Å². The Balaban J connectivity index is 1.84. The number of amidine groups is 1. The Bertz CT molecular complexity index is 974. The molecule has 1 aliphatic heterocycles. The Hall–Kier alpha value is -2.24. The number of hydrogen-bond donors (Lipinski definition) is 1. The van der Waals surface area contributed by atoms with Crippen molar-refractivity contribution in [1.82, 2.24) is 4.98 Å². The lowest BCUT2D eigenvalue weighted by Gasteiger charge is -2.38. The molecule has 2 heterocycles. The number of hydrogen-bond acceptors (Lipinski definition) is 5. The summed E-state index contributed by atoms with van der Waals surface area (Å²) in [6.07, 6.45) is 8.78. The molecule has 2 aromatic rings. The van der Waals surface area contributed by atoms with Gasteiger partial charge in [0.05, 0.1) is 16.8 Å². The van der Waals surface area contributed by atoms with Crippen LogP contribution in [-0.2, 0) is 16.8 Å². The second-order valence-corrected chi connectivity index (χ2v) is 8.68. The van der Waals surface area contributed by atoms with Gasteiger partial charge in [-0.05, 0) is 62.3 Å². The van der Waals surface area contributed by atoms with E-state index in [0.29, 0.717) is 17.0 Å². The van der Waals surface area contributed by atoms with Crippen LogP contribution in [0.1, 0.15) is 50.7 Å². The summed E-state index contributed by atoms with van der Waals surface area (Å²) in [6.45, 7) is 4.13. The average Bonchev–Trinajstić information content (AvgIpc) is 3.08. The van der Waals surface area contributed by atoms with E-state index in [0.717, 1.165) is 54.5 Å². The van der Waals surface area contributed by atoms with Crippen LogP contribution in [0.15, 0.2) is 46.6 Å². The lowest BCUT2D eigenvalue weighted by Crippen LogP contribution is -2.36. The zero-order chi connectivity index (χ0) is 21.3. The summed E-state index contributed by atoms with van der Waals surface area (Å²) in [7, 11) is 1.80. The smallest absolute Gasteiger partial charge is 0.181 e. The van der Waals surface area contributed by atoms with Crippen LogP contribution in [0.4, 0.5) is 0 Å². The highest BCUT2D eigenvalue weighted by molar-refractivity contribution is 6.41. The van der Waals surface area contributed by atoms with Crippen molar-refractivity contribution in [2.75, 3.05) is 7.11 Å². The van der Waals surface area contributed by atoms with Gasteiger partial charge in [0.15, 0.2) is 5.66 Å². The van der Waals surface area contributed by atoms with E-state index < -0.39 is 5.66 Å². The Morgan fingerprint density at radius 3 is 2.47 bits per heavy atom. The standard InChI is InChI=1S/C24H29ClN4O/c1-4-16-5-6-17(18-11-20(25)14-27-13-18)12-22(16)24(28-15(2)23(26)29-24)19-7-9-21(30-3)10-8-19/h5-6,11-14,19,21H,4,7-10H2,1-3H3,(H2,26,29)/t19?,21?,24-/m1/s1. The zero-order valence-corrected chi connectivity index (χ0v) is 18.6. The minimum absolute atomic E-state index is 0.290. The second kappa shape index (κ2) is 8.48. The van der Waals surface area contributed by atoms with Gasteiger partial charge in [0.25, 0.3) is 0 Å². The number of aromatic nitrogens is 1. The van der Waals surface area contributed by atoms with Gasteiger partial charge in [-0.2, -0.15) is 0 Å². The van der Waals surface area contributed by atoms with Gasteiger partial charge in [0.2, 0.25) is 0 Å². The number of nitrogens with zero attached hydrogens (tertiary/aromatic N) is 3. The highest BCUT2D eigenvalue weighted by Crippen LogP contribution is 2.47. The summed E-state index contributed by atoms with van der Waals surface area (Å²) >= 11 is 6.20. The normalized spacial score (nSPS) is 26.4. The van der Waals surface area contributed by atoms with Gasteiger partial charge < -0.3 is 10.5 Å². The molecule has 30 heavy (non-hydrogen) atoms. The zero-order valence-electron chi connectivity index (χ0n) is 17.9. The number of benzene rings is 1. The van der Waals surface area contributed by atoms with Crippen molar-refractivity contribution >= 4 is 23.1 Å². The first-order chi connectivity index (χ1) is 14.5. The number of aryl methyl sites for hydroxylation is 1. The summed E-state index contributed by atoms with van der Waals surface area (Å²) in [5, 5.41) is 0.623. The number of ether oxygens (including phenoxy) is 1. The molecular formula is C24H29ClN4O. The van der Waals surface area contributed by atoms with E-state index in [-0.39, 0.29) is 5.92 Å². The molecule has 1 aliphatic carbocycles. The monoisotopic (exact) mass is 424 g/mol. The molecule has 2 aliphatic rings. The molecule has 0 amide bonds. The Morgan fingerprint density at radius 1 is 1.10 bits per heavy atom. The van der Waals surface area contributed by atoms with Crippen LogP contribution in [0, 0.1) is 5.92 Å². The Kier molecular flexibility index (Phi) is 5.94. The molecule has 0 bridgehead atoms. The minimum Gasteiger partial charge on any atom is -0.382 e. The molecule has 0 unspecified atom stereocenters. The van der Waals surface area contributed by atoms with E-state index in [1.165, 1.54) is 5.56 Å². The van der Waals surface area contributed by atoms with Crippen LogP contribution in [0.5, 0.6) is 0 Å². The molecule has 5 nitrogen and oxygen atoms in total. The van der Waals surface area contributed by atoms with Crippen molar-refractivity contribution in [2.24, 2.45) is 21.6 Å².